The highest BCUT2D eigenvalue weighted by Crippen LogP contribution is 2.58. The molecule has 0 unspecified atom stereocenters. The number of hydrogen-bond acceptors (Lipinski definition) is 3. The quantitative estimate of drug-likeness (QED) is 0.614. The molecule has 1 aliphatic heterocycles. The monoisotopic (exact) mass is 327 g/mol. The molecule has 2 bridgehead atoms. The third-order valence-corrected chi connectivity index (χ3v) is 4.46. The van der Waals surface area contributed by atoms with Crippen molar-refractivity contribution in [3.63, 3.8) is 0 Å². The van der Waals surface area contributed by atoms with Crippen LogP contribution in [0.4, 0.5) is 26.3 Å². The second-order valence-corrected chi connectivity index (χ2v) is 5.40. The molecular formula is C10H12ClF6NO2. The molecule has 118 valence electrons. The van der Waals surface area contributed by atoms with E-state index in [4.69, 9.17) is 21.4 Å². The molecule has 3 nitrogen and oxygen atoms in total. The summed E-state index contributed by atoms with van der Waals surface area (Å²) in [6.07, 6.45) is -12.3. The minimum atomic E-state index is -5.50. The summed E-state index contributed by atoms with van der Waals surface area (Å²) in [5.74, 6) is -1.85. The van der Waals surface area contributed by atoms with Crippen molar-refractivity contribution in [3.05, 3.63) is 0 Å². The van der Waals surface area contributed by atoms with Crippen molar-refractivity contribution in [1.82, 2.24) is 5.32 Å². The van der Waals surface area contributed by atoms with Gasteiger partial charge in [0.1, 0.15) is 0 Å². The van der Waals surface area contributed by atoms with Crippen LogP contribution in [0.5, 0.6) is 0 Å². The third-order valence-electron chi connectivity index (χ3n) is 3.88. The van der Waals surface area contributed by atoms with Crippen LogP contribution in [0.25, 0.3) is 0 Å². The van der Waals surface area contributed by atoms with Crippen LogP contribution in [0.15, 0.2) is 0 Å². The molecule has 1 saturated heterocycles. The summed E-state index contributed by atoms with van der Waals surface area (Å²) in [5, 5.41) is 8.86. The smallest absolute Gasteiger partial charge is 0.394 e. The lowest BCUT2D eigenvalue weighted by Crippen LogP contribution is -2.70. The summed E-state index contributed by atoms with van der Waals surface area (Å²) in [5.41, 5.74) is -3.99. The number of ether oxygens (including phenoxy) is 1. The molecule has 0 aromatic rings. The van der Waals surface area contributed by atoms with Crippen molar-refractivity contribution < 1.29 is 36.2 Å². The summed E-state index contributed by atoms with van der Waals surface area (Å²) in [6, 6.07) is -1.25. The van der Waals surface area contributed by atoms with Gasteiger partial charge in [-0.1, -0.05) is 0 Å². The van der Waals surface area contributed by atoms with Gasteiger partial charge >= 0.3 is 12.4 Å². The third kappa shape index (κ3) is 2.10. The van der Waals surface area contributed by atoms with Gasteiger partial charge in [0.15, 0.2) is 0 Å². The first-order valence-corrected chi connectivity index (χ1v) is 6.27. The van der Waals surface area contributed by atoms with E-state index in [1.807, 2.05) is 0 Å². The molecule has 4 atom stereocenters. The van der Waals surface area contributed by atoms with Crippen LogP contribution in [0.2, 0.25) is 0 Å². The van der Waals surface area contributed by atoms with Crippen LogP contribution in [-0.2, 0) is 4.74 Å². The van der Waals surface area contributed by atoms with Gasteiger partial charge in [0, 0.05) is 5.92 Å². The Labute approximate surface area is 115 Å². The summed E-state index contributed by atoms with van der Waals surface area (Å²) < 4.78 is 83.0. The molecule has 2 fully saturated rings. The average molecular weight is 328 g/mol. The second kappa shape index (κ2) is 4.89. The summed E-state index contributed by atoms with van der Waals surface area (Å²) in [6.45, 7) is -0.533. The molecule has 20 heavy (non-hydrogen) atoms. The van der Waals surface area contributed by atoms with E-state index in [-0.39, 0.29) is 13.2 Å². The van der Waals surface area contributed by atoms with E-state index in [9.17, 15) is 26.3 Å². The van der Waals surface area contributed by atoms with Gasteiger partial charge in [-0.3, -0.25) is 5.32 Å². The van der Waals surface area contributed by atoms with Gasteiger partial charge in [0.25, 0.3) is 0 Å². The minimum Gasteiger partial charge on any atom is -0.394 e. The van der Waals surface area contributed by atoms with Crippen LogP contribution in [-0.4, -0.2) is 53.7 Å². The zero-order valence-electron chi connectivity index (χ0n) is 9.93. The van der Waals surface area contributed by atoms with Crippen LogP contribution in [0.1, 0.15) is 6.42 Å². The molecule has 0 amide bonds. The van der Waals surface area contributed by atoms with Gasteiger partial charge < -0.3 is 9.84 Å². The first-order chi connectivity index (χ1) is 9.06. The largest absolute Gasteiger partial charge is 0.415 e. The normalized spacial score (nSPS) is 36.6. The Bertz CT molecular complexity index is 360. The van der Waals surface area contributed by atoms with E-state index in [1.165, 1.54) is 0 Å². The number of aliphatic hydroxyl groups is 1. The fourth-order valence-electron chi connectivity index (χ4n) is 3.06. The predicted molar refractivity (Wildman–Crippen MR) is 56.3 cm³/mol. The lowest BCUT2D eigenvalue weighted by Gasteiger charge is -2.42. The predicted octanol–water partition coefficient (Wildman–Crippen LogP) is 1.83. The fraction of sp³-hybridized carbons (Fsp3) is 1.00. The van der Waals surface area contributed by atoms with Gasteiger partial charge in [-0.2, -0.15) is 26.3 Å². The maximum atomic E-state index is 13.0. The summed E-state index contributed by atoms with van der Waals surface area (Å²) in [4.78, 5) is 0. The molecule has 0 aromatic carbocycles. The molecule has 1 saturated carbocycles. The fourth-order valence-corrected chi connectivity index (χ4v) is 3.58. The Morgan fingerprint density at radius 3 is 2.10 bits per heavy atom. The Kier molecular flexibility index (Phi) is 3.94. The minimum absolute atomic E-state index is 0.162. The van der Waals surface area contributed by atoms with Crippen molar-refractivity contribution in [2.24, 2.45) is 5.92 Å². The maximum Gasteiger partial charge on any atom is 0.415 e. The number of rotatable bonds is 3. The van der Waals surface area contributed by atoms with Crippen molar-refractivity contribution in [2.75, 3.05) is 13.2 Å². The topological polar surface area (TPSA) is 41.5 Å². The Hall–Kier alpha value is -0.250. The molecule has 10 heteroatoms. The Morgan fingerprint density at radius 2 is 1.75 bits per heavy atom. The van der Waals surface area contributed by atoms with E-state index < -0.39 is 47.8 Å². The van der Waals surface area contributed by atoms with Crippen LogP contribution in [0, 0.1) is 5.92 Å². The molecule has 0 radical (unpaired) electrons. The maximum absolute atomic E-state index is 13.0. The van der Waals surface area contributed by atoms with Crippen LogP contribution >= 0.6 is 11.6 Å². The van der Waals surface area contributed by atoms with Crippen molar-refractivity contribution in [3.8, 4) is 0 Å². The Balaban J connectivity index is 2.29. The average Bonchev–Trinajstić information content (AvgIpc) is 2.75. The molecule has 2 rings (SSSR count). The van der Waals surface area contributed by atoms with Crippen molar-refractivity contribution in [1.29, 1.82) is 0 Å². The van der Waals surface area contributed by atoms with E-state index in [2.05, 4.69) is 0 Å². The molecular weight excluding hydrogens is 316 g/mol. The number of piperidine rings is 1. The van der Waals surface area contributed by atoms with E-state index >= 15 is 0 Å². The van der Waals surface area contributed by atoms with Crippen molar-refractivity contribution >= 4 is 11.6 Å². The number of aliphatic hydroxyl groups excluding tert-OH is 1. The van der Waals surface area contributed by atoms with E-state index in [0.717, 1.165) is 0 Å². The first-order valence-electron chi connectivity index (χ1n) is 5.84. The lowest BCUT2D eigenvalue weighted by molar-refractivity contribution is -0.321. The highest BCUT2D eigenvalue weighted by Gasteiger charge is 2.81. The van der Waals surface area contributed by atoms with Crippen LogP contribution < -0.4 is 5.32 Å². The lowest BCUT2D eigenvalue weighted by atomic mass is 9.82. The number of nitrogens with one attached hydrogen (secondary N) is 1. The standard InChI is InChI=1S/C10H12ClF6NO2/c11-6-4-3-5(20-2-1-19)7(6)18-8(4,9(12,13)14)10(15,16)17/h4-7,18-19H,1-3H2/t4-,5+,6+,7+/m0/s1. The highest BCUT2D eigenvalue weighted by atomic mass is 35.5. The van der Waals surface area contributed by atoms with Crippen LogP contribution in [0.3, 0.4) is 0 Å². The molecule has 0 aromatic heterocycles. The zero-order chi connectivity index (χ0) is 15.3. The number of halogens is 7. The highest BCUT2D eigenvalue weighted by molar-refractivity contribution is 6.22. The van der Waals surface area contributed by atoms with Gasteiger partial charge in [-0.15, -0.1) is 11.6 Å². The van der Waals surface area contributed by atoms with E-state index in [1.54, 1.807) is 5.32 Å². The molecule has 1 aliphatic carbocycles. The number of hydrogen-bond donors (Lipinski definition) is 2. The zero-order valence-corrected chi connectivity index (χ0v) is 10.7. The number of alkyl halides is 7. The Morgan fingerprint density at radius 1 is 1.20 bits per heavy atom. The van der Waals surface area contributed by atoms with Gasteiger partial charge in [0.2, 0.25) is 5.54 Å². The molecule has 2 N–H and O–H groups in total. The van der Waals surface area contributed by atoms with Crippen molar-refractivity contribution in [2.45, 2.75) is 41.8 Å². The first kappa shape index (κ1) is 16.1. The summed E-state index contributed by atoms with van der Waals surface area (Å²) >= 11 is 5.74. The van der Waals surface area contributed by atoms with Gasteiger partial charge in [0.05, 0.1) is 30.7 Å². The second-order valence-electron chi connectivity index (χ2n) is 4.89. The SMILES string of the molecule is OCCO[C@@H]1C[C@H]2[C@@H](Cl)[C@@H]1NC2(C(F)(F)F)C(F)(F)F. The molecule has 0 spiro atoms. The van der Waals surface area contributed by atoms with Gasteiger partial charge in [-0.25, -0.2) is 0 Å². The van der Waals surface area contributed by atoms with Gasteiger partial charge in [-0.05, 0) is 6.42 Å². The van der Waals surface area contributed by atoms with E-state index in [0.29, 0.717) is 0 Å². The molecule has 2 aliphatic rings. The summed E-state index contributed by atoms with van der Waals surface area (Å²) in [7, 11) is 0. The number of fused-ring (bicyclic) bond motifs is 2. The molecule has 1 heterocycles.